The molecule has 20 heavy (non-hydrogen) atoms. The predicted molar refractivity (Wildman–Crippen MR) is 85.0 cm³/mol. The lowest BCUT2D eigenvalue weighted by Crippen LogP contribution is -2.42. The van der Waals surface area contributed by atoms with Gasteiger partial charge in [0.25, 0.3) is 0 Å². The van der Waals surface area contributed by atoms with E-state index < -0.39 is 10.0 Å². The van der Waals surface area contributed by atoms with Crippen LogP contribution in [-0.4, -0.2) is 38.6 Å². The number of rotatable bonds is 5. The normalized spacial score (nSPS) is 21.0. The smallest absolute Gasteiger partial charge is 0.211 e. The van der Waals surface area contributed by atoms with Crippen LogP contribution in [0.1, 0.15) is 18.4 Å². The van der Waals surface area contributed by atoms with Gasteiger partial charge in [0, 0.05) is 24.1 Å². The summed E-state index contributed by atoms with van der Waals surface area (Å²) in [7, 11) is -3.04. The summed E-state index contributed by atoms with van der Waals surface area (Å²) in [5.41, 5.74) is 1.23. The fourth-order valence-electron chi connectivity index (χ4n) is 2.56. The highest BCUT2D eigenvalue weighted by Crippen LogP contribution is 2.18. The third-order valence-electron chi connectivity index (χ3n) is 3.60. The van der Waals surface area contributed by atoms with Gasteiger partial charge in [-0.15, -0.1) is 0 Å². The molecule has 0 aromatic heterocycles. The predicted octanol–water partition coefficient (Wildman–Crippen LogP) is 2.21. The molecule has 1 heterocycles. The van der Waals surface area contributed by atoms with Gasteiger partial charge < -0.3 is 5.32 Å². The molecule has 1 aliphatic heterocycles. The maximum atomic E-state index is 11.6. The quantitative estimate of drug-likeness (QED) is 0.875. The Labute approximate surface area is 129 Å². The second-order valence-electron chi connectivity index (χ2n) is 5.39. The van der Waals surface area contributed by atoms with E-state index in [1.54, 1.807) is 4.31 Å². The standard InChI is InChI=1S/C14H21BrN2O2S/c1-20(18,19)17-7-3-5-13(11-17)10-16-9-12-4-2-6-14(15)8-12/h2,4,6,8,13,16H,3,5,7,9-11H2,1H3. The molecule has 4 nitrogen and oxygen atoms in total. The van der Waals surface area contributed by atoms with Crippen molar-refractivity contribution in [2.45, 2.75) is 19.4 Å². The van der Waals surface area contributed by atoms with Gasteiger partial charge in [0.05, 0.1) is 6.26 Å². The average molecular weight is 361 g/mol. The van der Waals surface area contributed by atoms with Gasteiger partial charge in [-0.25, -0.2) is 12.7 Å². The van der Waals surface area contributed by atoms with Crippen molar-refractivity contribution in [2.24, 2.45) is 5.92 Å². The highest BCUT2D eigenvalue weighted by Gasteiger charge is 2.25. The van der Waals surface area contributed by atoms with Crippen LogP contribution in [0, 0.1) is 5.92 Å². The van der Waals surface area contributed by atoms with Gasteiger partial charge in [-0.1, -0.05) is 28.1 Å². The third kappa shape index (κ3) is 4.84. The Balaban J connectivity index is 1.79. The van der Waals surface area contributed by atoms with E-state index in [1.165, 1.54) is 11.8 Å². The molecule has 1 aromatic carbocycles. The molecule has 0 aliphatic carbocycles. The Hall–Kier alpha value is -0.430. The minimum Gasteiger partial charge on any atom is -0.312 e. The van der Waals surface area contributed by atoms with Crippen LogP contribution in [-0.2, 0) is 16.6 Å². The van der Waals surface area contributed by atoms with Gasteiger partial charge in [-0.05, 0) is 43.0 Å². The molecular weight excluding hydrogens is 340 g/mol. The summed E-state index contributed by atoms with van der Waals surface area (Å²) < 4.78 is 25.8. The summed E-state index contributed by atoms with van der Waals surface area (Å²) in [6, 6.07) is 8.21. The zero-order valence-corrected chi connectivity index (χ0v) is 14.1. The van der Waals surface area contributed by atoms with E-state index in [0.717, 1.165) is 30.4 Å². The molecule has 0 saturated carbocycles. The van der Waals surface area contributed by atoms with Crippen LogP contribution in [0.3, 0.4) is 0 Å². The number of hydrogen-bond donors (Lipinski definition) is 1. The summed E-state index contributed by atoms with van der Waals surface area (Å²) >= 11 is 3.46. The van der Waals surface area contributed by atoms with Crippen molar-refractivity contribution in [1.82, 2.24) is 9.62 Å². The number of sulfonamides is 1. The molecule has 6 heteroatoms. The lowest BCUT2D eigenvalue weighted by Gasteiger charge is -2.31. The maximum absolute atomic E-state index is 11.6. The molecule has 1 atom stereocenters. The molecule has 1 N–H and O–H groups in total. The first-order chi connectivity index (χ1) is 9.45. The van der Waals surface area contributed by atoms with Crippen LogP contribution in [0.5, 0.6) is 0 Å². The molecule has 0 amide bonds. The van der Waals surface area contributed by atoms with E-state index in [9.17, 15) is 8.42 Å². The van der Waals surface area contributed by atoms with Crippen molar-refractivity contribution >= 4 is 26.0 Å². The van der Waals surface area contributed by atoms with E-state index in [4.69, 9.17) is 0 Å². The summed E-state index contributed by atoms with van der Waals surface area (Å²) in [5, 5.41) is 3.43. The number of halogens is 1. The molecule has 2 rings (SSSR count). The molecule has 0 bridgehead atoms. The van der Waals surface area contributed by atoms with Crippen molar-refractivity contribution in [3.8, 4) is 0 Å². The molecule has 1 aromatic rings. The molecule has 112 valence electrons. The van der Waals surface area contributed by atoms with Crippen LogP contribution in [0.15, 0.2) is 28.7 Å². The number of piperidine rings is 1. The van der Waals surface area contributed by atoms with Gasteiger partial charge in [-0.2, -0.15) is 0 Å². The minimum absolute atomic E-state index is 0.408. The van der Waals surface area contributed by atoms with E-state index in [-0.39, 0.29) is 0 Å². The number of nitrogens with one attached hydrogen (secondary N) is 1. The van der Waals surface area contributed by atoms with E-state index >= 15 is 0 Å². The van der Waals surface area contributed by atoms with Gasteiger partial charge >= 0.3 is 0 Å². The zero-order chi connectivity index (χ0) is 14.6. The summed E-state index contributed by atoms with van der Waals surface area (Å²) in [6.45, 7) is 2.98. The first-order valence-electron chi connectivity index (χ1n) is 6.85. The van der Waals surface area contributed by atoms with E-state index in [1.807, 2.05) is 12.1 Å². The van der Waals surface area contributed by atoms with Gasteiger partial charge in [-0.3, -0.25) is 0 Å². The molecule has 1 aliphatic rings. The van der Waals surface area contributed by atoms with Crippen molar-refractivity contribution < 1.29 is 8.42 Å². The Kier molecular flexibility index (Phi) is 5.60. The molecule has 0 radical (unpaired) electrons. The van der Waals surface area contributed by atoms with E-state index in [0.29, 0.717) is 19.0 Å². The van der Waals surface area contributed by atoms with Crippen molar-refractivity contribution in [3.05, 3.63) is 34.3 Å². The van der Waals surface area contributed by atoms with E-state index in [2.05, 4.69) is 33.4 Å². The first kappa shape index (κ1) is 15.9. The monoisotopic (exact) mass is 360 g/mol. The first-order valence-corrected chi connectivity index (χ1v) is 9.49. The minimum atomic E-state index is -3.04. The Bertz CT molecular complexity index is 548. The highest BCUT2D eigenvalue weighted by molar-refractivity contribution is 9.10. The highest BCUT2D eigenvalue weighted by atomic mass is 79.9. The SMILES string of the molecule is CS(=O)(=O)N1CCCC(CNCc2cccc(Br)c2)C1. The summed E-state index contributed by atoms with van der Waals surface area (Å²) in [4.78, 5) is 0. The summed E-state index contributed by atoms with van der Waals surface area (Å²) in [5.74, 6) is 0.408. The van der Waals surface area contributed by atoms with Crippen LogP contribution in [0.25, 0.3) is 0 Å². The van der Waals surface area contributed by atoms with Gasteiger partial charge in [0.15, 0.2) is 0 Å². The van der Waals surface area contributed by atoms with Crippen LogP contribution in [0.2, 0.25) is 0 Å². The van der Waals surface area contributed by atoms with Crippen molar-refractivity contribution in [3.63, 3.8) is 0 Å². The lowest BCUT2D eigenvalue weighted by molar-refractivity contribution is 0.261. The number of hydrogen-bond acceptors (Lipinski definition) is 3. The Morgan fingerprint density at radius 1 is 1.45 bits per heavy atom. The van der Waals surface area contributed by atoms with Crippen molar-refractivity contribution in [1.29, 1.82) is 0 Å². The largest absolute Gasteiger partial charge is 0.312 e. The number of nitrogens with zero attached hydrogens (tertiary/aromatic N) is 1. The average Bonchev–Trinajstić information content (AvgIpc) is 2.38. The Morgan fingerprint density at radius 2 is 2.25 bits per heavy atom. The molecule has 1 saturated heterocycles. The zero-order valence-electron chi connectivity index (χ0n) is 11.7. The number of benzene rings is 1. The molecule has 0 spiro atoms. The van der Waals surface area contributed by atoms with Crippen molar-refractivity contribution in [2.75, 3.05) is 25.9 Å². The topological polar surface area (TPSA) is 49.4 Å². The fourth-order valence-corrected chi connectivity index (χ4v) is 3.95. The molecule has 1 unspecified atom stereocenters. The van der Waals surface area contributed by atoms with Crippen LogP contribution < -0.4 is 5.32 Å². The summed E-state index contributed by atoms with van der Waals surface area (Å²) in [6.07, 6.45) is 3.35. The fraction of sp³-hybridized carbons (Fsp3) is 0.571. The van der Waals surface area contributed by atoms with Gasteiger partial charge in [0.2, 0.25) is 10.0 Å². The Morgan fingerprint density at radius 3 is 2.95 bits per heavy atom. The second kappa shape index (κ2) is 7.02. The van der Waals surface area contributed by atoms with Crippen LogP contribution in [0.4, 0.5) is 0 Å². The second-order valence-corrected chi connectivity index (χ2v) is 8.29. The van der Waals surface area contributed by atoms with Crippen LogP contribution >= 0.6 is 15.9 Å². The molecular formula is C14H21BrN2O2S. The lowest BCUT2D eigenvalue weighted by atomic mass is 9.99. The maximum Gasteiger partial charge on any atom is 0.211 e. The third-order valence-corrected chi connectivity index (χ3v) is 5.36. The molecule has 1 fully saturated rings. The van der Waals surface area contributed by atoms with Gasteiger partial charge in [0.1, 0.15) is 0 Å².